The summed E-state index contributed by atoms with van der Waals surface area (Å²) in [7, 11) is 0. The lowest BCUT2D eigenvalue weighted by atomic mass is 10.1. The molecule has 1 N–H and O–H groups in total. The molecule has 1 aliphatic heterocycles. The lowest BCUT2D eigenvalue weighted by Gasteiger charge is -1.97. The Hall–Kier alpha value is -3.08. The molecule has 5 heteroatoms. The molecule has 1 aromatic carbocycles. The molecule has 5 nitrogen and oxygen atoms in total. The molecule has 0 saturated heterocycles. The standard InChI is InChI=1S/C18H14N2O3/c21-18-16(10-12-11-19-15-6-2-1-5-14(12)15)20-17(23-18)8-7-13-4-3-9-22-13/h1-6,9-11,21H,7-8H2/b12-10+. The number of benzene rings is 1. The van der Waals surface area contributed by atoms with Gasteiger partial charge in [-0.1, -0.05) is 18.2 Å². The van der Waals surface area contributed by atoms with Crippen LogP contribution in [0.5, 0.6) is 5.95 Å². The van der Waals surface area contributed by atoms with E-state index < -0.39 is 0 Å². The molecule has 0 amide bonds. The minimum absolute atomic E-state index is 0.176. The van der Waals surface area contributed by atoms with Crippen LogP contribution in [-0.2, 0) is 12.8 Å². The molecule has 3 aromatic rings. The van der Waals surface area contributed by atoms with Crippen LogP contribution in [0.4, 0.5) is 5.69 Å². The van der Waals surface area contributed by atoms with Gasteiger partial charge < -0.3 is 13.9 Å². The van der Waals surface area contributed by atoms with E-state index in [2.05, 4.69) is 9.98 Å². The molecule has 0 spiro atoms. The second-order valence-electron chi connectivity index (χ2n) is 5.25. The molecule has 23 heavy (non-hydrogen) atoms. The van der Waals surface area contributed by atoms with Gasteiger partial charge in [-0.15, -0.1) is 0 Å². The molecule has 3 heterocycles. The van der Waals surface area contributed by atoms with Gasteiger partial charge in [-0.2, -0.15) is 0 Å². The molecule has 4 rings (SSSR count). The highest BCUT2D eigenvalue weighted by atomic mass is 16.5. The minimum atomic E-state index is -0.176. The molecule has 114 valence electrons. The van der Waals surface area contributed by atoms with Crippen LogP contribution in [-0.4, -0.2) is 16.3 Å². The van der Waals surface area contributed by atoms with Crippen LogP contribution in [0.3, 0.4) is 0 Å². The van der Waals surface area contributed by atoms with Crippen LogP contribution >= 0.6 is 0 Å². The van der Waals surface area contributed by atoms with Crippen molar-refractivity contribution >= 4 is 23.6 Å². The number of aliphatic imine (C=N–C) groups is 1. The summed E-state index contributed by atoms with van der Waals surface area (Å²) in [5, 5.41) is 9.96. The van der Waals surface area contributed by atoms with Gasteiger partial charge in [0.2, 0.25) is 0 Å². The summed E-state index contributed by atoms with van der Waals surface area (Å²) in [6.07, 6.45) is 6.42. The number of aromatic hydroxyl groups is 1. The van der Waals surface area contributed by atoms with Gasteiger partial charge in [-0.05, 0) is 24.3 Å². The Morgan fingerprint density at radius 2 is 2.00 bits per heavy atom. The fraction of sp³-hybridized carbons (Fsp3) is 0.111. The average molecular weight is 306 g/mol. The highest BCUT2D eigenvalue weighted by Gasteiger charge is 2.15. The summed E-state index contributed by atoms with van der Waals surface area (Å²) < 4.78 is 10.6. The number of aromatic nitrogens is 1. The third-order valence-electron chi connectivity index (χ3n) is 3.69. The zero-order chi connectivity index (χ0) is 15.6. The number of hydrogen-bond donors (Lipinski definition) is 1. The van der Waals surface area contributed by atoms with E-state index in [0.717, 1.165) is 22.6 Å². The molecule has 0 saturated carbocycles. The number of furan rings is 1. The molecule has 2 aromatic heterocycles. The van der Waals surface area contributed by atoms with Crippen molar-refractivity contribution in [2.75, 3.05) is 0 Å². The van der Waals surface area contributed by atoms with Crippen LogP contribution < -0.4 is 0 Å². The van der Waals surface area contributed by atoms with Crippen molar-refractivity contribution in [2.45, 2.75) is 12.8 Å². The zero-order valence-electron chi connectivity index (χ0n) is 12.3. The average Bonchev–Trinajstić information content (AvgIpc) is 3.28. The van der Waals surface area contributed by atoms with Crippen molar-refractivity contribution in [1.82, 2.24) is 4.98 Å². The summed E-state index contributed by atoms with van der Waals surface area (Å²) in [4.78, 5) is 8.69. The van der Waals surface area contributed by atoms with Crippen molar-refractivity contribution in [2.24, 2.45) is 4.99 Å². The maximum Gasteiger partial charge on any atom is 0.310 e. The fourth-order valence-electron chi connectivity index (χ4n) is 2.56. The second kappa shape index (κ2) is 5.61. The van der Waals surface area contributed by atoms with Crippen LogP contribution in [0.2, 0.25) is 0 Å². The quantitative estimate of drug-likeness (QED) is 0.790. The third-order valence-corrected chi connectivity index (χ3v) is 3.69. The summed E-state index contributed by atoms with van der Waals surface area (Å²) in [5.41, 5.74) is 3.26. The molecule has 0 aliphatic carbocycles. The summed E-state index contributed by atoms with van der Waals surface area (Å²) in [6, 6.07) is 11.6. The number of rotatable bonds is 4. The van der Waals surface area contributed by atoms with Crippen LogP contribution in [0.1, 0.15) is 22.9 Å². The van der Waals surface area contributed by atoms with Gasteiger partial charge in [0.25, 0.3) is 0 Å². The van der Waals surface area contributed by atoms with Gasteiger partial charge in [-0.25, -0.2) is 4.98 Å². The Bertz CT molecular complexity index is 889. The first-order valence-corrected chi connectivity index (χ1v) is 7.36. The summed E-state index contributed by atoms with van der Waals surface area (Å²) >= 11 is 0. The first-order chi connectivity index (χ1) is 11.3. The van der Waals surface area contributed by atoms with Gasteiger partial charge in [-0.3, -0.25) is 4.99 Å². The van der Waals surface area contributed by atoms with E-state index in [9.17, 15) is 5.11 Å². The van der Waals surface area contributed by atoms with E-state index in [-0.39, 0.29) is 5.95 Å². The maximum absolute atomic E-state index is 9.96. The molecule has 0 fully saturated rings. The van der Waals surface area contributed by atoms with Gasteiger partial charge in [0, 0.05) is 30.2 Å². The molecule has 0 atom stereocenters. The van der Waals surface area contributed by atoms with E-state index in [1.165, 1.54) is 0 Å². The first kappa shape index (κ1) is 13.6. The molecule has 1 aliphatic rings. The van der Waals surface area contributed by atoms with Crippen molar-refractivity contribution in [3.05, 3.63) is 65.6 Å². The normalized spacial score (nSPS) is 14.5. The molecule has 0 unspecified atom stereocenters. The Morgan fingerprint density at radius 1 is 1.09 bits per heavy atom. The molecular formula is C18H14N2O3. The zero-order valence-corrected chi connectivity index (χ0v) is 12.3. The highest BCUT2D eigenvalue weighted by Crippen LogP contribution is 2.33. The largest absolute Gasteiger partial charge is 0.479 e. The van der Waals surface area contributed by atoms with Gasteiger partial charge in [0.15, 0.2) is 5.89 Å². The number of aryl methyl sites for hydroxylation is 2. The van der Waals surface area contributed by atoms with Crippen molar-refractivity contribution in [3.63, 3.8) is 0 Å². The lowest BCUT2D eigenvalue weighted by molar-refractivity contribution is 0.315. The van der Waals surface area contributed by atoms with Crippen LogP contribution in [0, 0.1) is 0 Å². The topological polar surface area (TPSA) is 71.8 Å². The monoisotopic (exact) mass is 306 g/mol. The SMILES string of the molecule is Oc1oc(CCc2ccco2)nc1/C=C1\C=Nc2ccccc21. The lowest BCUT2D eigenvalue weighted by Crippen LogP contribution is -1.90. The second-order valence-corrected chi connectivity index (χ2v) is 5.25. The first-order valence-electron chi connectivity index (χ1n) is 7.36. The Balaban J connectivity index is 1.56. The van der Waals surface area contributed by atoms with Gasteiger partial charge in [0.05, 0.1) is 12.0 Å². The Morgan fingerprint density at radius 3 is 2.87 bits per heavy atom. The van der Waals surface area contributed by atoms with E-state index in [4.69, 9.17) is 8.83 Å². The Kier molecular flexibility index (Phi) is 3.31. The molecule has 0 radical (unpaired) electrons. The van der Waals surface area contributed by atoms with E-state index >= 15 is 0 Å². The van der Waals surface area contributed by atoms with E-state index in [1.54, 1.807) is 18.6 Å². The van der Waals surface area contributed by atoms with Crippen molar-refractivity contribution in [3.8, 4) is 5.95 Å². The van der Waals surface area contributed by atoms with Crippen molar-refractivity contribution < 1.29 is 13.9 Å². The number of allylic oxidation sites excluding steroid dienone is 1. The molecule has 0 bridgehead atoms. The van der Waals surface area contributed by atoms with E-state index in [0.29, 0.717) is 24.4 Å². The summed E-state index contributed by atoms with van der Waals surface area (Å²) in [6.45, 7) is 0. The molecular weight excluding hydrogens is 292 g/mol. The van der Waals surface area contributed by atoms with Gasteiger partial charge >= 0.3 is 5.95 Å². The number of hydrogen-bond acceptors (Lipinski definition) is 5. The van der Waals surface area contributed by atoms with Gasteiger partial charge in [0.1, 0.15) is 11.5 Å². The number of nitrogens with zero attached hydrogens (tertiary/aromatic N) is 2. The maximum atomic E-state index is 9.96. The third kappa shape index (κ3) is 2.68. The summed E-state index contributed by atoms with van der Waals surface area (Å²) in [5.74, 6) is 1.16. The van der Waals surface area contributed by atoms with Crippen molar-refractivity contribution in [1.29, 1.82) is 0 Å². The predicted octanol–water partition coefficient (Wildman–Crippen LogP) is 4.01. The number of fused-ring (bicyclic) bond motifs is 1. The minimum Gasteiger partial charge on any atom is -0.479 e. The van der Waals surface area contributed by atoms with Crippen LogP contribution in [0.25, 0.3) is 11.6 Å². The smallest absolute Gasteiger partial charge is 0.310 e. The number of oxazole rings is 1. The highest BCUT2D eigenvalue weighted by molar-refractivity contribution is 6.21. The predicted molar refractivity (Wildman–Crippen MR) is 86.7 cm³/mol. The Labute approximate surface area is 132 Å². The van der Waals surface area contributed by atoms with Crippen LogP contribution in [0.15, 0.2) is 56.5 Å². The number of para-hydroxylation sites is 1. The van der Waals surface area contributed by atoms with E-state index in [1.807, 2.05) is 36.4 Å². The fourth-order valence-corrected chi connectivity index (χ4v) is 2.56.